The molecule has 0 spiro atoms. The molecule has 0 aliphatic carbocycles. The molecule has 0 heterocycles. The maximum Gasteiger partial charge on any atom is 0.427 e. The van der Waals surface area contributed by atoms with E-state index in [-0.39, 0.29) is 0 Å². The lowest BCUT2D eigenvalue weighted by atomic mass is 10.4. The predicted molar refractivity (Wildman–Crippen MR) is 21.8 cm³/mol. The molecule has 0 amide bonds. The van der Waals surface area contributed by atoms with Gasteiger partial charge in [-0.1, -0.05) is 0 Å². The molecular weight excluding hydrogens is 185 g/mol. The van der Waals surface area contributed by atoms with E-state index in [1.54, 1.807) is 0 Å². The second kappa shape index (κ2) is 2.48. The Morgan fingerprint density at radius 2 is 1.30 bits per heavy atom. The van der Waals surface area contributed by atoms with Crippen LogP contribution in [-0.2, 0) is 0 Å². The van der Waals surface area contributed by atoms with Crippen LogP contribution in [0.3, 0.4) is 0 Å². The van der Waals surface area contributed by atoms with Crippen LogP contribution in [0.4, 0.5) is 26.3 Å². The smallest absolute Gasteiger partial charge is 0.229 e. The van der Waals surface area contributed by atoms with E-state index < -0.39 is 17.7 Å². The molecule has 0 bridgehead atoms. The van der Waals surface area contributed by atoms with E-state index >= 15 is 0 Å². The van der Waals surface area contributed by atoms with E-state index in [0.29, 0.717) is 0 Å². The van der Waals surface area contributed by atoms with Crippen LogP contribution in [0.25, 0.3) is 0 Å². The van der Waals surface area contributed by atoms with Crippen molar-refractivity contribution >= 4 is 11.6 Å². The first-order valence-corrected chi connectivity index (χ1v) is 2.31. The number of halogens is 7. The van der Waals surface area contributed by atoms with Crippen molar-refractivity contribution in [1.82, 2.24) is 0 Å². The van der Waals surface area contributed by atoms with Gasteiger partial charge in [-0.2, -0.15) is 22.0 Å². The Bertz CT molecular complexity index is 97.1. The van der Waals surface area contributed by atoms with Gasteiger partial charge < -0.3 is 0 Å². The SMILES string of the molecule is F[C@H](C(F)(F)F)C(F)(F)Cl. The minimum atomic E-state index is -5.61. The fourth-order valence-electron chi connectivity index (χ4n) is 0.186. The van der Waals surface area contributed by atoms with Crippen molar-refractivity contribution in [3.05, 3.63) is 0 Å². The van der Waals surface area contributed by atoms with Gasteiger partial charge in [0, 0.05) is 0 Å². The molecule has 0 N–H and O–H groups in total. The topological polar surface area (TPSA) is 0 Å². The van der Waals surface area contributed by atoms with E-state index in [2.05, 4.69) is 11.6 Å². The molecule has 0 aromatic carbocycles. The molecule has 0 rings (SSSR count). The Hall–Kier alpha value is -0.130. The van der Waals surface area contributed by atoms with Crippen LogP contribution in [0.1, 0.15) is 0 Å². The predicted octanol–water partition coefficient (Wildman–Crippen LogP) is 2.72. The van der Waals surface area contributed by atoms with Gasteiger partial charge in [-0.3, -0.25) is 0 Å². The maximum atomic E-state index is 11.4. The molecule has 7 heteroatoms. The third-order valence-corrected chi connectivity index (χ3v) is 0.766. The number of hydrogen-bond acceptors (Lipinski definition) is 0. The Morgan fingerprint density at radius 1 is 1.00 bits per heavy atom. The quantitative estimate of drug-likeness (QED) is 0.436. The average molecular weight is 186 g/mol. The highest BCUT2D eigenvalue weighted by atomic mass is 35.5. The second-order valence-corrected chi connectivity index (χ2v) is 1.95. The Labute approximate surface area is 56.8 Å². The molecule has 0 saturated heterocycles. The molecule has 0 aromatic rings. The molecule has 0 aliphatic heterocycles. The molecule has 0 saturated carbocycles. The zero-order chi connectivity index (χ0) is 8.58. The first-order valence-electron chi connectivity index (χ1n) is 1.93. The summed E-state index contributed by atoms with van der Waals surface area (Å²) >= 11 is 3.74. The molecule has 1 atom stereocenters. The van der Waals surface area contributed by atoms with Gasteiger partial charge in [-0.15, -0.1) is 0 Å². The first kappa shape index (κ1) is 9.87. The summed E-state index contributed by atoms with van der Waals surface area (Å²) < 4.78 is 67.0. The van der Waals surface area contributed by atoms with Gasteiger partial charge in [-0.05, 0) is 11.6 Å². The Kier molecular flexibility index (Phi) is 2.45. The van der Waals surface area contributed by atoms with Crippen molar-refractivity contribution in [3.63, 3.8) is 0 Å². The number of hydrogen-bond donors (Lipinski definition) is 0. The van der Waals surface area contributed by atoms with Crippen molar-refractivity contribution in [2.24, 2.45) is 0 Å². The zero-order valence-corrected chi connectivity index (χ0v) is 4.98. The van der Waals surface area contributed by atoms with Crippen LogP contribution >= 0.6 is 11.6 Å². The van der Waals surface area contributed by atoms with E-state index in [9.17, 15) is 26.3 Å². The van der Waals surface area contributed by atoms with Crippen LogP contribution in [0.2, 0.25) is 0 Å². The van der Waals surface area contributed by atoms with E-state index in [0.717, 1.165) is 0 Å². The van der Waals surface area contributed by atoms with E-state index in [1.807, 2.05) is 0 Å². The molecule has 0 nitrogen and oxygen atoms in total. The molecule has 0 aliphatic rings. The summed E-state index contributed by atoms with van der Waals surface area (Å²) in [6.45, 7) is 0. The van der Waals surface area contributed by atoms with Crippen LogP contribution in [-0.4, -0.2) is 17.7 Å². The van der Waals surface area contributed by atoms with Gasteiger partial charge in [-0.25, -0.2) is 4.39 Å². The third-order valence-electron chi connectivity index (χ3n) is 0.575. The molecule has 0 aromatic heterocycles. The minimum Gasteiger partial charge on any atom is -0.229 e. The summed E-state index contributed by atoms with van der Waals surface area (Å²) in [6.07, 6.45) is -9.91. The van der Waals surface area contributed by atoms with Gasteiger partial charge >= 0.3 is 11.6 Å². The van der Waals surface area contributed by atoms with Crippen LogP contribution in [0, 0.1) is 0 Å². The molecular formula is C3HClF6. The van der Waals surface area contributed by atoms with Gasteiger partial charge in [0.2, 0.25) is 0 Å². The highest BCUT2D eigenvalue weighted by molar-refractivity contribution is 6.22. The third kappa shape index (κ3) is 2.64. The summed E-state index contributed by atoms with van der Waals surface area (Å²) in [5.41, 5.74) is 0. The van der Waals surface area contributed by atoms with Crippen molar-refractivity contribution in [3.8, 4) is 0 Å². The molecule has 0 radical (unpaired) electrons. The van der Waals surface area contributed by atoms with Crippen LogP contribution in [0.5, 0.6) is 0 Å². The largest absolute Gasteiger partial charge is 0.427 e. The van der Waals surface area contributed by atoms with Gasteiger partial charge in [0.05, 0.1) is 0 Å². The van der Waals surface area contributed by atoms with Crippen molar-refractivity contribution in [2.75, 3.05) is 0 Å². The van der Waals surface area contributed by atoms with Crippen LogP contribution < -0.4 is 0 Å². The maximum absolute atomic E-state index is 11.4. The summed E-state index contributed by atoms with van der Waals surface area (Å²) in [7, 11) is 0. The molecule has 0 fully saturated rings. The lowest BCUT2D eigenvalue weighted by molar-refractivity contribution is -0.222. The minimum absolute atomic E-state index is 3.74. The standard InChI is InChI=1S/C3HClF6/c4-2(6,7)1(5)3(8,9)10/h1H/t1-/m0/s1. The summed E-state index contributed by atoms with van der Waals surface area (Å²) in [4.78, 5) is 0. The Morgan fingerprint density at radius 3 is 1.30 bits per heavy atom. The van der Waals surface area contributed by atoms with Crippen molar-refractivity contribution < 1.29 is 26.3 Å². The van der Waals surface area contributed by atoms with Gasteiger partial charge in [0.25, 0.3) is 6.17 Å². The fraction of sp³-hybridized carbons (Fsp3) is 1.00. The summed E-state index contributed by atoms with van der Waals surface area (Å²) in [5.74, 6) is 0. The van der Waals surface area contributed by atoms with Gasteiger partial charge in [0.15, 0.2) is 0 Å². The van der Waals surface area contributed by atoms with E-state index in [4.69, 9.17) is 0 Å². The number of alkyl halides is 7. The molecule has 62 valence electrons. The highest BCUT2D eigenvalue weighted by Gasteiger charge is 2.55. The number of rotatable bonds is 1. The van der Waals surface area contributed by atoms with E-state index in [1.165, 1.54) is 0 Å². The van der Waals surface area contributed by atoms with Crippen molar-refractivity contribution in [1.29, 1.82) is 0 Å². The molecule has 0 unspecified atom stereocenters. The zero-order valence-electron chi connectivity index (χ0n) is 4.22. The molecule has 10 heavy (non-hydrogen) atoms. The lowest BCUT2D eigenvalue weighted by Crippen LogP contribution is -2.37. The second-order valence-electron chi connectivity index (χ2n) is 1.45. The highest BCUT2D eigenvalue weighted by Crippen LogP contribution is 2.37. The van der Waals surface area contributed by atoms with Gasteiger partial charge in [0.1, 0.15) is 0 Å². The first-order chi connectivity index (χ1) is 4.15. The lowest BCUT2D eigenvalue weighted by Gasteiger charge is -2.15. The monoisotopic (exact) mass is 186 g/mol. The average Bonchev–Trinajstić information content (AvgIpc) is 1.59. The Balaban J connectivity index is 4.23. The summed E-state index contributed by atoms with van der Waals surface area (Å²) in [6, 6.07) is 0. The van der Waals surface area contributed by atoms with Crippen molar-refractivity contribution in [2.45, 2.75) is 17.7 Å². The normalized spacial score (nSPS) is 17.1. The van der Waals surface area contributed by atoms with Crippen LogP contribution in [0.15, 0.2) is 0 Å². The summed E-state index contributed by atoms with van der Waals surface area (Å²) in [5, 5.41) is -4.88. The fourth-order valence-corrected chi connectivity index (χ4v) is 0.309.